The molecule has 0 amide bonds. The zero-order valence-electron chi connectivity index (χ0n) is 16.4. The molecule has 0 fully saturated rings. The topological polar surface area (TPSA) is 120 Å². The average Bonchev–Trinajstić information content (AvgIpc) is 2.66. The normalized spacial score (nSPS) is 12.9. The molecule has 1 aromatic rings. The Balaban J connectivity index is 2.65. The van der Waals surface area contributed by atoms with E-state index in [1.807, 2.05) is 26.0 Å². The maximum Gasteiger partial charge on any atom is 0.320 e. The van der Waals surface area contributed by atoms with Crippen LogP contribution in [0.2, 0.25) is 0 Å². The fourth-order valence-corrected chi connectivity index (χ4v) is 2.16. The smallest absolute Gasteiger partial charge is 0.320 e. The molecule has 0 aliphatic rings. The molecule has 8 heteroatoms. The van der Waals surface area contributed by atoms with Crippen molar-refractivity contribution in [1.82, 2.24) is 5.32 Å². The first-order chi connectivity index (χ1) is 13.3. The minimum absolute atomic E-state index is 0.0115. The Morgan fingerprint density at radius 2 is 1.89 bits per heavy atom. The molecule has 8 nitrogen and oxygen atoms in total. The Kier molecular flexibility index (Phi) is 10.7. The number of benzene rings is 1. The maximum atomic E-state index is 12.1. The first-order valence-corrected chi connectivity index (χ1v) is 9.20. The Hall–Kier alpha value is -2.58. The summed E-state index contributed by atoms with van der Waals surface area (Å²) in [5.41, 5.74) is 5.42. The molecule has 1 rings (SSSR count). The number of aliphatic carboxylic acids is 1. The molecule has 2 atom stereocenters. The minimum Gasteiger partial charge on any atom is -0.486 e. The number of esters is 1. The number of carbonyl (C=O) groups excluding carboxylic acids is 1. The summed E-state index contributed by atoms with van der Waals surface area (Å²) in [6.45, 7) is 8.42. The molecule has 0 heterocycles. The van der Waals surface area contributed by atoms with Crippen molar-refractivity contribution in [3.63, 3.8) is 0 Å². The van der Waals surface area contributed by atoms with Crippen molar-refractivity contribution < 1.29 is 28.9 Å². The van der Waals surface area contributed by atoms with Crippen molar-refractivity contribution in [3.05, 3.63) is 36.9 Å². The number of carboxylic acids is 1. The van der Waals surface area contributed by atoms with Gasteiger partial charge in [-0.25, -0.2) is 0 Å². The minimum atomic E-state index is -1.15. The molecule has 28 heavy (non-hydrogen) atoms. The van der Waals surface area contributed by atoms with E-state index in [-0.39, 0.29) is 25.5 Å². The maximum absolute atomic E-state index is 12.1. The van der Waals surface area contributed by atoms with Crippen molar-refractivity contribution in [1.29, 1.82) is 0 Å². The van der Waals surface area contributed by atoms with Crippen molar-refractivity contribution >= 4 is 11.9 Å². The summed E-state index contributed by atoms with van der Waals surface area (Å²) in [5, 5.41) is 12.0. The van der Waals surface area contributed by atoms with Gasteiger partial charge in [-0.2, -0.15) is 0 Å². The third-order valence-electron chi connectivity index (χ3n) is 3.66. The van der Waals surface area contributed by atoms with Crippen LogP contribution in [0.25, 0.3) is 0 Å². The summed E-state index contributed by atoms with van der Waals surface area (Å²) in [7, 11) is 0. The molecule has 0 bridgehead atoms. The first kappa shape index (κ1) is 23.5. The highest BCUT2D eigenvalue weighted by Crippen LogP contribution is 2.26. The van der Waals surface area contributed by atoms with E-state index < -0.39 is 24.1 Å². The Morgan fingerprint density at radius 3 is 2.46 bits per heavy atom. The first-order valence-electron chi connectivity index (χ1n) is 9.20. The lowest BCUT2D eigenvalue weighted by molar-refractivity contribution is -0.150. The highest BCUT2D eigenvalue weighted by Gasteiger charge is 2.19. The molecular formula is C20H30N2O6. The molecule has 1 unspecified atom stereocenters. The SMILES string of the molecule is C=CCOc1ccccc1OCC(CNC(C)C)OC(=O)CC[C@H](N)C(=O)O. The van der Waals surface area contributed by atoms with Gasteiger partial charge in [0.2, 0.25) is 0 Å². The van der Waals surface area contributed by atoms with Gasteiger partial charge in [-0.05, 0) is 18.6 Å². The summed E-state index contributed by atoms with van der Waals surface area (Å²) < 4.78 is 16.8. The van der Waals surface area contributed by atoms with Gasteiger partial charge in [0.1, 0.15) is 25.4 Å². The number of carboxylic acid groups (broad SMARTS) is 1. The summed E-state index contributed by atoms with van der Waals surface area (Å²) in [5.74, 6) is -0.572. The van der Waals surface area contributed by atoms with Gasteiger partial charge in [0.05, 0.1) is 0 Å². The van der Waals surface area contributed by atoms with Crippen LogP contribution in [0.15, 0.2) is 36.9 Å². The average molecular weight is 394 g/mol. The molecule has 0 saturated heterocycles. The van der Waals surface area contributed by atoms with Crippen molar-refractivity contribution in [2.75, 3.05) is 19.8 Å². The third-order valence-corrected chi connectivity index (χ3v) is 3.66. The van der Waals surface area contributed by atoms with Crippen LogP contribution in [0.5, 0.6) is 11.5 Å². The Morgan fingerprint density at radius 1 is 1.25 bits per heavy atom. The second kappa shape index (κ2) is 12.7. The Bertz CT molecular complexity index is 635. The van der Waals surface area contributed by atoms with E-state index >= 15 is 0 Å². The lowest BCUT2D eigenvalue weighted by Crippen LogP contribution is -2.39. The van der Waals surface area contributed by atoms with E-state index in [4.69, 9.17) is 25.1 Å². The van der Waals surface area contributed by atoms with Gasteiger partial charge in [-0.15, -0.1) is 0 Å². The molecule has 0 aliphatic carbocycles. The predicted molar refractivity (Wildman–Crippen MR) is 105 cm³/mol. The van der Waals surface area contributed by atoms with Crippen LogP contribution in [0.4, 0.5) is 0 Å². The van der Waals surface area contributed by atoms with Crippen LogP contribution in [0, 0.1) is 0 Å². The molecule has 0 saturated carbocycles. The zero-order valence-corrected chi connectivity index (χ0v) is 16.4. The molecule has 4 N–H and O–H groups in total. The van der Waals surface area contributed by atoms with Gasteiger partial charge in [-0.3, -0.25) is 9.59 Å². The molecular weight excluding hydrogens is 364 g/mol. The molecule has 0 spiro atoms. The lowest BCUT2D eigenvalue weighted by Gasteiger charge is -2.21. The zero-order chi connectivity index (χ0) is 20.9. The van der Waals surface area contributed by atoms with Crippen LogP contribution >= 0.6 is 0 Å². The molecule has 156 valence electrons. The second-order valence-corrected chi connectivity index (χ2v) is 6.52. The third kappa shape index (κ3) is 9.38. The van der Waals surface area contributed by atoms with Gasteiger partial charge in [0.15, 0.2) is 11.5 Å². The highest BCUT2D eigenvalue weighted by atomic mass is 16.6. The molecule has 0 radical (unpaired) electrons. The van der Waals surface area contributed by atoms with Crippen LogP contribution in [-0.4, -0.2) is 55.0 Å². The van der Waals surface area contributed by atoms with Crippen LogP contribution in [-0.2, 0) is 14.3 Å². The number of hydrogen-bond donors (Lipinski definition) is 3. The fraction of sp³-hybridized carbons (Fsp3) is 0.500. The van der Waals surface area contributed by atoms with Crippen molar-refractivity contribution in [3.8, 4) is 11.5 Å². The summed E-state index contributed by atoms with van der Waals surface area (Å²) in [6, 6.07) is 6.29. The van der Waals surface area contributed by atoms with Crippen molar-refractivity contribution in [2.24, 2.45) is 5.73 Å². The number of nitrogens with one attached hydrogen (secondary N) is 1. The molecule has 1 aromatic carbocycles. The predicted octanol–water partition coefficient (Wildman–Crippen LogP) is 1.73. The van der Waals surface area contributed by atoms with Crippen LogP contribution in [0.3, 0.4) is 0 Å². The monoisotopic (exact) mass is 394 g/mol. The largest absolute Gasteiger partial charge is 0.486 e. The summed E-state index contributed by atoms with van der Waals surface area (Å²) in [6.07, 6.45) is 1.02. The van der Waals surface area contributed by atoms with Gasteiger partial charge in [0.25, 0.3) is 0 Å². The number of nitrogens with two attached hydrogens (primary N) is 1. The fourth-order valence-electron chi connectivity index (χ4n) is 2.16. The van der Waals surface area contributed by atoms with E-state index in [2.05, 4.69) is 11.9 Å². The number of rotatable bonds is 14. The Labute approximate surface area is 165 Å². The number of para-hydroxylation sites is 2. The van der Waals surface area contributed by atoms with Gasteiger partial charge < -0.3 is 30.4 Å². The van der Waals surface area contributed by atoms with Gasteiger partial charge >= 0.3 is 11.9 Å². The van der Waals surface area contributed by atoms with E-state index in [0.29, 0.717) is 24.7 Å². The van der Waals surface area contributed by atoms with Crippen molar-refractivity contribution in [2.45, 2.75) is 44.9 Å². The standard InChI is InChI=1S/C20H30N2O6/c1-4-11-26-17-7-5-6-8-18(17)27-13-15(12-22-14(2)3)28-19(23)10-9-16(21)20(24)25/h4-8,14-16,22H,1,9-13,21H2,2-3H3,(H,24,25)/t15?,16-/m0/s1. The summed E-state index contributed by atoms with van der Waals surface area (Å²) in [4.78, 5) is 22.8. The van der Waals surface area contributed by atoms with E-state index in [1.54, 1.807) is 18.2 Å². The van der Waals surface area contributed by atoms with Gasteiger partial charge in [-0.1, -0.05) is 38.6 Å². The number of carbonyl (C=O) groups is 2. The van der Waals surface area contributed by atoms with Crippen LogP contribution < -0.4 is 20.5 Å². The lowest BCUT2D eigenvalue weighted by atomic mass is 10.2. The van der Waals surface area contributed by atoms with Crippen LogP contribution in [0.1, 0.15) is 26.7 Å². The molecule has 0 aromatic heterocycles. The van der Waals surface area contributed by atoms with E-state index in [9.17, 15) is 9.59 Å². The quantitative estimate of drug-likeness (QED) is 0.322. The van der Waals surface area contributed by atoms with E-state index in [0.717, 1.165) is 0 Å². The highest BCUT2D eigenvalue weighted by molar-refractivity contribution is 5.75. The van der Waals surface area contributed by atoms with Gasteiger partial charge in [0, 0.05) is 19.0 Å². The molecule has 0 aliphatic heterocycles. The second-order valence-electron chi connectivity index (χ2n) is 6.52. The number of hydrogen-bond acceptors (Lipinski definition) is 7. The van der Waals surface area contributed by atoms with E-state index in [1.165, 1.54) is 0 Å². The summed E-state index contributed by atoms with van der Waals surface area (Å²) >= 11 is 0. The number of ether oxygens (including phenoxy) is 3.